The topological polar surface area (TPSA) is 94.3 Å². The molecule has 0 aliphatic heterocycles. The van der Waals surface area contributed by atoms with Crippen LogP contribution in [0.4, 0.5) is 17.6 Å². The summed E-state index contributed by atoms with van der Waals surface area (Å²) in [5.41, 5.74) is 3.20. The summed E-state index contributed by atoms with van der Waals surface area (Å²) in [6.07, 6.45) is 6.08. The highest BCUT2D eigenvalue weighted by Crippen LogP contribution is 2.39. The lowest BCUT2D eigenvalue weighted by Crippen LogP contribution is -2.10. The van der Waals surface area contributed by atoms with Crippen LogP contribution in [0.25, 0.3) is 10.9 Å². The lowest BCUT2D eigenvalue weighted by molar-refractivity contribution is 0.863. The van der Waals surface area contributed by atoms with Gasteiger partial charge in [-0.25, -0.2) is 4.98 Å². The van der Waals surface area contributed by atoms with Crippen molar-refractivity contribution in [1.29, 1.82) is 0 Å². The first-order valence-electron chi connectivity index (χ1n) is 9.35. The maximum Gasteiger partial charge on any atom is 0.225 e. The molecule has 28 heavy (non-hydrogen) atoms. The van der Waals surface area contributed by atoms with E-state index >= 15 is 0 Å². The van der Waals surface area contributed by atoms with Crippen LogP contribution in [0.3, 0.4) is 0 Å². The summed E-state index contributed by atoms with van der Waals surface area (Å²) in [5.74, 6) is 2.61. The van der Waals surface area contributed by atoms with Gasteiger partial charge >= 0.3 is 0 Å². The maximum absolute atomic E-state index is 6.59. The molecule has 0 spiro atoms. The molecule has 0 bridgehead atoms. The van der Waals surface area contributed by atoms with E-state index < -0.39 is 0 Å². The second-order valence-electron chi connectivity index (χ2n) is 7.15. The van der Waals surface area contributed by atoms with Crippen LogP contribution in [-0.4, -0.2) is 25.1 Å². The average Bonchev–Trinajstić information content (AvgIpc) is 3.23. The molecule has 4 N–H and O–H groups in total. The summed E-state index contributed by atoms with van der Waals surface area (Å²) in [4.78, 5) is 12.1. The zero-order valence-corrected chi connectivity index (χ0v) is 16.1. The van der Waals surface area contributed by atoms with Crippen molar-refractivity contribution >= 4 is 40.1 Å². The predicted molar refractivity (Wildman–Crippen MR) is 111 cm³/mol. The Morgan fingerprint density at radius 3 is 2.93 bits per heavy atom. The number of rotatable bonds is 6. The zero-order chi connectivity index (χ0) is 19.1. The Balaban J connectivity index is 1.33. The zero-order valence-electron chi connectivity index (χ0n) is 15.3. The van der Waals surface area contributed by atoms with Gasteiger partial charge in [-0.05, 0) is 43.5 Å². The minimum absolute atomic E-state index is 0.0473. The molecule has 1 fully saturated rings. The summed E-state index contributed by atoms with van der Waals surface area (Å²) in [6, 6.07) is 9.84. The molecule has 3 aromatic heterocycles. The van der Waals surface area contributed by atoms with Gasteiger partial charge in [0.15, 0.2) is 5.82 Å². The van der Waals surface area contributed by atoms with Crippen LogP contribution < -0.4 is 10.6 Å². The molecule has 1 aliphatic rings. The molecular weight excluding hydrogens is 374 g/mol. The Hall–Kier alpha value is -3.06. The molecule has 1 atom stereocenters. The third-order valence-electron chi connectivity index (χ3n) is 5.04. The molecule has 1 aliphatic carbocycles. The number of hydrogen-bond acceptors (Lipinski definition) is 5. The molecule has 5 rings (SSSR count). The third-order valence-corrected chi connectivity index (χ3v) is 5.46. The van der Waals surface area contributed by atoms with Gasteiger partial charge in [-0.1, -0.05) is 17.7 Å². The molecule has 142 valence electrons. The van der Waals surface area contributed by atoms with Crippen LogP contribution in [0, 0.1) is 0 Å². The molecule has 8 heteroatoms. The minimum atomic E-state index is -0.0473. The number of aromatic nitrogens is 5. The van der Waals surface area contributed by atoms with Gasteiger partial charge in [0, 0.05) is 41.0 Å². The first-order chi connectivity index (χ1) is 13.7. The number of anilines is 3. The van der Waals surface area contributed by atoms with Crippen molar-refractivity contribution in [3.63, 3.8) is 0 Å². The third kappa shape index (κ3) is 3.29. The Labute approximate surface area is 166 Å². The number of nitrogens with zero attached hydrogens (tertiary/aromatic N) is 3. The van der Waals surface area contributed by atoms with Crippen molar-refractivity contribution in [3.05, 3.63) is 59.0 Å². The van der Waals surface area contributed by atoms with E-state index in [1.54, 1.807) is 6.20 Å². The van der Waals surface area contributed by atoms with E-state index in [9.17, 15) is 0 Å². The number of hydrogen-bond donors (Lipinski definition) is 4. The first kappa shape index (κ1) is 17.1. The summed E-state index contributed by atoms with van der Waals surface area (Å²) in [6.45, 7) is 2.04. The van der Waals surface area contributed by atoms with E-state index in [1.165, 1.54) is 18.5 Å². The molecule has 0 amide bonds. The fourth-order valence-corrected chi connectivity index (χ4v) is 3.74. The Kier molecular flexibility index (Phi) is 4.16. The largest absolute Gasteiger partial charge is 0.361 e. The normalized spacial score (nSPS) is 14.9. The molecule has 1 saturated carbocycles. The molecule has 4 aromatic rings. The quantitative estimate of drug-likeness (QED) is 0.364. The molecule has 7 nitrogen and oxygen atoms in total. The summed E-state index contributed by atoms with van der Waals surface area (Å²) < 4.78 is 0. The van der Waals surface area contributed by atoms with E-state index in [4.69, 9.17) is 11.6 Å². The van der Waals surface area contributed by atoms with Crippen LogP contribution >= 0.6 is 11.6 Å². The Morgan fingerprint density at radius 1 is 1.18 bits per heavy atom. The second kappa shape index (κ2) is 6.83. The van der Waals surface area contributed by atoms with Gasteiger partial charge < -0.3 is 15.6 Å². The maximum atomic E-state index is 6.59. The van der Waals surface area contributed by atoms with Gasteiger partial charge in [0.05, 0.1) is 11.1 Å². The fourth-order valence-electron chi connectivity index (χ4n) is 3.35. The number of benzene rings is 1. The number of halogens is 1. The van der Waals surface area contributed by atoms with E-state index in [1.807, 2.05) is 43.5 Å². The SMILES string of the molecule is C[C@H](Nc1nccc(Nc2cc(C3CC3)[nH]n2)n1)c1ccc2[nH]ccc2c1Cl. The van der Waals surface area contributed by atoms with Crippen molar-refractivity contribution < 1.29 is 0 Å². The number of fused-ring (bicyclic) bond motifs is 1. The van der Waals surface area contributed by atoms with Gasteiger partial charge in [-0.2, -0.15) is 10.1 Å². The van der Waals surface area contributed by atoms with Gasteiger partial charge in [0.25, 0.3) is 0 Å². The standard InChI is InChI=1S/C20H20ClN7/c1-11(13-4-5-15-14(19(13)21)6-8-22-15)24-20-23-9-7-17(26-20)25-18-10-16(27-28-18)12-2-3-12/h4-12,22H,2-3H2,1H3,(H3,23,24,25,26,27,28)/t11-/m0/s1. The highest BCUT2D eigenvalue weighted by molar-refractivity contribution is 6.36. The monoisotopic (exact) mass is 393 g/mol. The molecule has 0 saturated heterocycles. The summed E-state index contributed by atoms with van der Waals surface area (Å²) >= 11 is 6.59. The lowest BCUT2D eigenvalue weighted by Gasteiger charge is -2.16. The highest BCUT2D eigenvalue weighted by atomic mass is 35.5. The van der Waals surface area contributed by atoms with Gasteiger partial charge in [0.2, 0.25) is 5.95 Å². The summed E-state index contributed by atoms with van der Waals surface area (Å²) in [7, 11) is 0. The minimum Gasteiger partial charge on any atom is -0.361 e. The lowest BCUT2D eigenvalue weighted by atomic mass is 10.1. The average molecular weight is 394 g/mol. The van der Waals surface area contributed by atoms with Crippen LogP contribution in [0.1, 0.15) is 43.0 Å². The van der Waals surface area contributed by atoms with E-state index in [2.05, 4.69) is 35.8 Å². The molecular formula is C20H20ClN7. The van der Waals surface area contributed by atoms with Crippen LogP contribution in [0.15, 0.2) is 42.7 Å². The predicted octanol–water partition coefficient (Wildman–Crippen LogP) is 5.13. The summed E-state index contributed by atoms with van der Waals surface area (Å²) in [5, 5.41) is 15.7. The number of H-pyrrole nitrogens is 2. The molecule has 1 aromatic carbocycles. The number of nitrogens with one attached hydrogen (secondary N) is 4. The Bertz CT molecular complexity index is 1130. The number of aromatic amines is 2. The molecule has 0 radical (unpaired) electrons. The fraction of sp³-hybridized carbons (Fsp3) is 0.250. The van der Waals surface area contributed by atoms with Crippen LogP contribution in [0.2, 0.25) is 5.02 Å². The van der Waals surface area contributed by atoms with Crippen molar-refractivity contribution in [2.75, 3.05) is 10.6 Å². The van der Waals surface area contributed by atoms with Crippen LogP contribution in [-0.2, 0) is 0 Å². The van der Waals surface area contributed by atoms with Crippen molar-refractivity contribution in [2.45, 2.75) is 31.7 Å². The molecule has 0 unspecified atom stereocenters. The van der Waals surface area contributed by atoms with Crippen molar-refractivity contribution in [3.8, 4) is 0 Å². The van der Waals surface area contributed by atoms with Crippen LogP contribution in [0.5, 0.6) is 0 Å². The highest BCUT2D eigenvalue weighted by Gasteiger charge is 2.25. The smallest absolute Gasteiger partial charge is 0.225 e. The van der Waals surface area contributed by atoms with E-state index in [-0.39, 0.29) is 6.04 Å². The van der Waals surface area contributed by atoms with Gasteiger partial charge in [-0.3, -0.25) is 5.10 Å². The van der Waals surface area contributed by atoms with Gasteiger partial charge in [0.1, 0.15) is 5.82 Å². The second-order valence-corrected chi connectivity index (χ2v) is 7.52. The van der Waals surface area contributed by atoms with Crippen molar-refractivity contribution in [1.82, 2.24) is 25.1 Å². The Morgan fingerprint density at radius 2 is 2.07 bits per heavy atom. The van der Waals surface area contributed by atoms with E-state index in [0.29, 0.717) is 17.7 Å². The first-order valence-corrected chi connectivity index (χ1v) is 9.72. The van der Waals surface area contributed by atoms with E-state index in [0.717, 1.165) is 27.3 Å². The molecule has 3 heterocycles. The van der Waals surface area contributed by atoms with Crippen molar-refractivity contribution in [2.24, 2.45) is 0 Å². The van der Waals surface area contributed by atoms with Gasteiger partial charge in [-0.15, -0.1) is 0 Å².